The van der Waals surface area contributed by atoms with Gasteiger partial charge in [-0.05, 0) is 38.4 Å². The predicted octanol–water partition coefficient (Wildman–Crippen LogP) is 1.72. The summed E-state index contributed by atoms with van der Waals surface area (Å²) >= 11 is 0. The van der Waals surface area contributed by atoms with Gasteiger partial charge in [-0.1, -0.05) is 11.2 Å². The first kappa shape index (κ1) is 25.2. The number of aromatic nitrogens is 6. The lowest BCUT2D eigenvalue weighted by Gasteiger charge is -2.16. The number of nitrogens with one attached hydrogen (secondary N) is 1. The van der Waals surface area contributed by atoms with E-state index in [2.05, 4.69) is 35.6 Å². The van der Waals surface area contributed by atoms with Gasteiger partial charge in [-0.15, -0.1) is 10.2 Å². The number of hydrogen-bond donors (Lipinski definition) is 2. The van der Waals surface area contributed by atoms with Crippen LogP contribution >= 0.6 is 0 Å². The van der Waals surface area contributed by atoms with E-state index in [1.807, 2.05) is 25.1 Å². The van der Waals surface area contributed by atoms with E-state index in [0.717, 1.165) is 6.54 Å². The molecule has 4 aromatic heterocycles. The smallest absolute Gasteiger partial charge is 0.262 e. The molecule has 1 fully saturated rings. The SMILES string of the molecule is CN(C)CCOc1ccc(Nc2nccc(-c3cccc(-c4cc([C@]5(O)CCN(C)C5=O)on4)n3)n2)nn1. The van der Waals surface area contributed by atoms with Crippen LogP contribution in [-0.4, -0.2) is 92.0 Å². The van der Waals surface area contributed by atoms with Gasteiger partial charge >= 0.3 is 0 Å². The van der Waals surface area contributed by atoms with Crippen molar-refractivity contribution in [2.75, 3.05) is 46.2 Å². The largest absolute Gasteiger partial charge is 0.475 e. The predicted molar refractivity (Wildman–Crippen MR) is 136 cm³/mol. The first-order chi connectivity index (χ1) is 18.3. The van der Waals surface area contributed by atoms with Gasteiger partial charge in [0.15, 0.2) is 11.6 Å². The Morgan fingerprint density at radius 2 is 1.89 bits per heavy atom. The number of nitrogens with zero attached hydrogens (tertiary/aromatic N) is 8. The number of anilines is 2. The molecule has 5 rings (SSSR count). The highest BCUT2D eigenvalue weighted by Crippen LogP contribution is 2.34. The number of pyridine rings is 1. The minimum absolute atomic E-state index is 0.0952. The molecule has 0 spiro atoms. The molecule has 1 saturated heterocycles. The van der Waals surface area contributed by atoms with Gasteiger partial charge in [0.1, 0.15) is 12.3 Å². The first-order valence-corrected chi connectivity index (χ1v) is 12.0. The normalized spacial score (nSPS) is 17.3. The lowest BCUT2D eigenvalue weighted by molar-refractivity contribution is -0.144. The zero-order valence-corrected chi connectivity index (χ0v) is 21.2. The molecule has 1 aliphatic heterocycles. The second-order valence-corrected chi connectivity index (χ2v) is 9.12. The molecule has 0 aromatic carbocycles. The molecule has 1 aliphatic rings. The van der Waals surface area contributed by atoms with Gasteiger partial charge in [0.25, 0.3) is 5.91 Å². The Bertz CT molecular complexity index is 1430. The molecule has 0 aliphatic carbocycles. The fourth-order valence-electron chi connectivity index (χ4n) is 3.87. The van der Waals surface area contributed by atoms with Crippen LogP contribution in [0.4, 0.5) is 11.8 Å². The van der Waals surface area contributed by atoms with E-state index in [-0.39, 0.29) is 12.2 Å². The van der Waals surface area contributed by atoms with Crippen molar-refractivity contribution in [1.82, 2.24) is 40.1 Å². The van der Waals surface area contributed by atoms with Gasteiger partial charge in [0.2, 0.25) is 17.4 Å². The molecule has 13 nitrogen and oxygen atoms in total. The van der Waals surface area contributed by atoms with E-state index in [0.29, 0.717) is 53.6 Å². The van der Waals surface area contributed by atoms with Gasteiger partial charge in [-0.2, -0.15) is 0 Å². The van der Waals surface area contributed by atoms with E-state index >= 15 is 0 Å². The zero-order valence-electron chi connectivity index (χ0n) is 21.2. The van der Waals surface area contributed by atoms with E-state index < -0.39 is 11.5 Å². The maximum absolute atomic E-state index is 12.4. The van der Waals surface area contributed by atoms with Crippen LogP contribution in [0.2, 0.25) is 0 Å². The van der Waals surface area contributed by atoms with Crippen LogP contribution in [0.1, 0.15) is 12.2 Å². The van der Waals surface area contributed by atoms with Gasteiger partial charge in [0, 0.05) is 44.9 Å². The molecule has 5 heterocycles. The minimum Gasteiger partial charge on any atom is -0.475 e. The van der Waals surface area contributed by atoms with Crippen LogP contribution in [0.3, 0.4) is 0 Å². The summed E-state index contributed by atoms with van der Waals surface area (Å²) in [5, 5.41) is 26.1. The molecular weight excluding hydrogens is 490 g/mol. The number of likely N-dealkylation sites (N-methyl/N-ethyl adjacent to an activating group) is 2. The molecule has 0 radical (unpaired) electrons. The van der Waals surface area contributed by atoms with Crippen LogP contribution in [0, 0.1) is 0 Å². The fraction of sp³-hybridized carbons (Fsp3) is 0.320. The maximum atomic E-state index is 12.4. The Labute approximate surface area is 218 Å². The van der Waals surface area contributed by atoms with E-state index in [9.17, 15) is 9.90 Å². The number of hydrogen-bond acceptors (Lipinski definition) is 12. The highest BCUT2D eigenvalue weighted by Gasteiger charge is 2.48. The minimum atomic E-state index is -1.72. The van der Waals surface area contributed by atoms with Crippen molar-refractivity contribution in [3.05, 3.63) is 54.4 Å². The summed E-state index contributed by atoms with van der Waals surface area (Å²) in [4.78, 5) is 29.3. The van der Waals surface area contributed by atoms with E-state index in [4.69, 9.17) is 9.26 Å². The summed E-state index contributed by atoms with van der Waals surface area (Å²) in [6.45, 7) is 1.72. The number of carbonyl (C=O) groups excluding carboxylic acids is 1. The van der Waals surface area contributed by atoms with Crippen LogP contribution in [0.25, 0.3) is 22.8 Å². The molecule has 1 atom stereocenters. The summed E-state index contributed by atoms with van der Waals surface area (Å²) in [5.74, 6) is 0.890. The topological polar surface area (TPSA) is 156 Å². The Morgan fingerprint density at radius 1 is 1.11 bits per heavy atom. The summed E-state index contributed by atoms with van der Waals surface area (Å²) in [5.41, 5.74) is 0.320. The Balaban J connectivity index is 1.30. The lowest BCUT2D eigenvalue weighted by Crippen LogP contribution is -2.35. The summed E-state index contributed by atoms with van der Waals surface area (Å²) in [6.07, 6.45) is 1.84. The van der Waals surface area contributed by atoms with Crippen molar-refractivity contribution in [3.8, 4) is 28.7 Å². The van der Waals surface area contributed by atoms with Crippen molar-refractivity contribution in [3.63, 3.8) is 0 Å². The summed E-state index contributed by atoms with van der Waals surface area (Å²) in [6, 6.07) is 12.1. The highest BCUT2D eigenvalue weighted by molar-refractivity contribution is 5.87. The molecule has 2 N–H and O–H groups in total. The van der Waals surface area contributed by atoms with Gasteiger partial charge in [-0.3, -0.25) is 4.79 Å². The van der Waals surface area contributed by atoms with Crippen molar-refractivity contribution in [1.29, 1.82) is 0 Å². The highest BCUT2D eigenvalue weighted by atomic mass is 16.5. The van der Waals surface area contributed by atoms with E-state index in [1.165, 1.54) is 4.90 Å². The molecule has 4 aromatic rings. The summed E-state index contributed by atoms with van der Waals surface area (Å²) < 4.78 is 10.9. The maximum Gasteiger partial charge on any atom is 0.262 e. The number of amides is 1. The average molecular weight is 518 g/mol. The molecular formula is C25H27N9O4. The number of carbonyl (C=O) groups is 1. The first-order valence-electron chi connectivity index (χ1n) is 12.0. The standard InChI is InChI=1S/C25H27N9O4/c1-33(2)13-14-37-22-8-7-21(30-31-22)29-24-26-11-9-18(28-24)16-5-4-6-17(27-16)19-15-20(38-32-19)25(36)10-12-34(3)23(25)35/h4-9,11,15,36H,10,12-14H2,1-3H3,(H,26,28,29,30)/t25-/m1/s1. The number of aliphatic hydroxyl groups is 1. The van der Waals surface area contributed by atoms with Crippen LogP contribution < -0.4 is 10.1 Å². The monoisotopic (exact) mass is 517 g/mol. The molecule has 38 heavy (non-hydrogen) atoms. The van der Waals surface area contributed by atoms with E-state index in [1.54, 1.807) is 49.6 Å². The second-order valence-electron chi connectivity index (χ2n) is 9.12. The number of rotatable bonds is 9. The Hall–Kier alpha value is -4.49. The molecule has 0 unspecified atom stereocenters. The third kappa shape index (κ3) is 5.28. The molecule has 0 bridgehead atoms. The fourth-order valence-corrected chi connectivity index (χ4v) is 3.87. The van der Waals surface area contributed by atoms with Crippen molar-refractivity contribution in [2.24, 2.45) is 0 Å². The Morgan fingerprint density at radius 3 is 2.61 bits per heavy atom. The number of likely N-dealkylation sites (tertiary alicyclic amines) is 1. The number of ether oxygens (including phenoxy) is 1. The van der Waals surface area contributed by atoms with Crippen LogP contribution in [0.5, 0.6) is 5.88 Å². The third-order valence-corrected chi connectivity index (χ3v) is 6.03. The summed E-state index contributed by atoms with van der Waals surface area (Å²) in [7, 11) is 5.57. The van der Waals surface area contributed by atoms with Crippen LogP contribution in [0.15, 0.2) is 53.2 Å². The lowest BCUT2D eigenvalue weighted by atomic mass is 9.98. The van der Waals surface area contributed by atoms with Crippen LogP contribution in [-0.2, 0) is 10.4 Å². The molecule has 13 heteroatoms. The van der Waals surface area contributed by atoms with Gasteiger partial charge in [-0.25, -0.2) is 15.0 Å². The van der Waals surface area contributed by atoms with Gasteiger partial charge < -0.3 is 29.5 Å². The van der Waals surface area contributed by atoms with Crippen molar-refractivity contribution >= 4 is 17.7 Å². The average Bonchev–Trinajstić information content (AvgIpc) is 3.52. The van der Waals surface area contributed by atoms with Crippen molar-refractivity contribution < 1.29 is 19.2 Å². The quantitative estimate of drug-likeness (QED) is 0.332. The Kier molecular flexibility index (Phi) is 6.94. The molecule has 0 saturated carbocycles. The zero-order chi connectivity index (χ0) is 26.7. The van der Waals surface area contributed by atoms with Gasteiger partial charge in [0.05, 0.1) is 17.1 Å². The second kappa shape index (κ2) is 10.5. The third-order valence-electron chi connectivity index (χ3n) is 6.03. The van der Waals surface area contributed by atoms with Crippen molar-refractivity contribution in [2.45, 2.75) is 12.0 Å². The molecule has 1 amide bonds. The molecule has 196 valence electrons.